The Bertz CT molecular complexity index is 1110. The molecule has 0 amide bonds. The van der Waals surface area contributed by atoms with Crippen LogP contribution >= 0.6 is 23.2 Å². The summed E-state index contributed by atoms with van der Waals surface area (Å²) in [4.78, 5) is 6.82. The second-order valence-corrected chi connectivity index (χ2v) is 8.91. The fourth-order valence-electron chi connectivity index (χ4n) is 2.97. The zero-order valence-corrected chi connectivity index (χ0v) is 19.7. The SMILES string of the molecule is CS(=O)(=O)[O-].C[n+]1ccc(C=Nc2ccc(N(CCCl)CCCl)cc2)c2ccccc21. The van der Waals surface area contributed by atoms with Crippen LogP contribution in [-0.2, 0) is 17.2 Å². The van der Waals surface area contributed by atoms with Crippen LogP contribution in [0.1, 0.15) is 5.56 Å². The van der Waals surface area contributed by atoms with Crippen LogP contribution in [0.25, 0.3) is 10.9 Å². The standard InChI is InChI=1S/C21H22Cl2N3.CH4O3S/c1-25-13-10-17(20-4-2-3-5-21(20)25)16-24-18-6-8-19(9-7-18)26(14-11-22)15-12-23;1-5(2,3)4/h2-10,13,16H,11-12,14-15H2,1H3;1H3,(H,2,3,4)/q+1;/p-1. The first kappa shape index (κ1) is 25.1. The number of alkyl halides is 2. The van der Waals surface area contributed by atoms with E-state index >= 15 is 0 Å². The molecule has 31 heavy (non-hydrogen) atoms. The zero-order chi connectivity index (χ0) is 22.9. The van der Waals surface area contributed by atoms with E-state index in [1.54, 1.807) is 0 Å². The number of hydrogen-bond acceptors (Lipinski definition) is 5. The zero-order valence-electron chi connectivity index (χ0n) is 17.4. The van der Waals surface area contributed by atoms with Gasteiger partial charge < -0.3 is 9.45 Å². The summed E-state index contributed by atoms with van der Waals surface area (Å²) in [6, 6.07) is 18.6. The highest BCUT2D eigenvalue weighted by Gasteiger charge is 2.07. The van der Waals surface area contributed by atoms with Gasteiger partial charge in [0.1, 0.15) is 7.05 Å². The lowest BCUT2D eigenvalue weighted by molar-refractivity contribution is -0.644. The van der Waals surface area contributed by atoms with E-state index in [-0.39, 0.29) is 0 Å². The number of pyridine rings is 1. The maximum absolute atomic E-state index is 9.08. The molecule has 3 rings (SSSR count). The smallest absolute Gasteiger partial charge is 0.212 e. The molecular weight excluding hydrogens is 457 g/mol. The first-order chi connectivity index (χ1) is 14.7. The molecule has 0 radical (unpaired) electrons. The third-order valence-corrected chi connectivity index (χ3v) is 4.69. The van der Waals surface area contributed by atoms with Crippen molar-refractivity contribution >= 4 is 61.8 Å². The summed E-state index contributed by atoms with van der Waals surface area (Å²) in [6.45, 7) is 1.56. The van der Waals surface area contributed by atoms with Crippen molar-refractivity contribution in [2.24, 2.45) is 12.0 Å². The fourth-order valence-corrected chi connectivity index (χ4v) is 3.38. The molecule has 0 atom stereocenters. The molecule has 1 heterocycles. The van der Waals surface area contributed by atoms with E-state index in [1.807, 2.05) is 18.3 Å². The van der Waals surface area contributed by atoms with E-state index in [0.29, 0.717) is 18.0 Å². The van der Waals surface area contributed by atoms with E-state index in [9.17, 15) is 0 Å². The minimum Gasteiger partial charge on any atom is -0.748 e. The summed E-state index contributed by atoms with van der Waals surface area (Å²) in [5.74, 6) is 1.16. The van der Waals surface area contributed by atoms with Crippen LogP contribution in [0.3, 0.4) is 0 Å². The van der Waals surface area contributed by atoms with Crippen molar-refractivity contribution in [2.45, 2.75) is 0 Å². The molecule has 1 aromatic heterocycles. The highest BCUT2D eigenvalue weighted by molar-refractivity contribution is 7.84. The van der Waals surface area contributed by atoms with Crippen molar-refractivity contribution in [3.63, 3.8) is 0 Å². The van der Waals surface area contributed by atoms with Crippen molar-refractivity contribution in [2.75, 3.05) is 36.0 Å². The lowest BCUT2D eigenvalue weighted by atomic mass is 10.1. The predicted octanol–water partition coefficient (Wildman–Crippen LogP) is 3.86. The highest BCUT2D eigenvalue weighted by Crippen LogP contribution is 2.21. The summed E-state index contributed by atoms with van der Waals surface area (Å²) >= 11 is 11.8. The molecule has 2 aromatic carbocycles. The molecule has 0 N–H and O–H groups in total. The topological polar surface area (TPSA) is 76.7 Å². The van der Waals surface area contributed by atoms with Crippen LogP contribution in [0.5, 0.6) is 0 Å². The maximum atomic E-state index is 9.08. The molecule has 0 saturated heterocycles. The van der Waals surface area contributed by atoms with Gasteiger partial charge in [-0.25, -0.2) is 13.0 Å². The molecule has 0 aliphatic heterocycles. The monoisotopic (exact) mass is 481 g/mol. The number of nitrogens with zero attached hydrogens (tertiary/aromatic N) is 3. The average Bonchev–Trinajstić information content (AvgIpc) is 2.73. The molecule has 3 aromatic rings. The summed E-state index contributed by atoms with van der Waals surface area (Å²) in [6.07, 6.45) is 4.59. The Hall–Kier alpha value is -2.19. The largest absolute Gasteiger partial charge is 0.748 e. The lowest BCUT2D eigenvalue weighted by Crippen LogP contribution is -2.28. The number of para-hydroxylation sites is 1. The molecule has 0 saturated carbocycles. The van der Waals surface area contributed by atoms with E-state index in [1.165, 1.54) is 10.9 Å². The molecule has 0 spiro atoms. The number of benzene rings is 2. The van der Waals surface area contributed by atoms with Gasteiger partial charge in [0, 0.05) is 60.7 Å². The van der Waals surface area contributed by atoms with Gasteiger partial charge in [-0.3, -0.25) is 4.99 Å². The van der Waals surface area contributed by atoms with E-state index in [2.05, 4.69) is 70.2 Å². The number of aryl methyl sites for hydroxylation is 1. The Morgan fingerprint density at radius 1 is 1.03 bits per heavy atom. The number of rotatable bonds is 7. The number of anilines is 1. The van der Waals surface area contributed by atoms with Gasteiger partial charge >= 0.3 is 0 Å². The van der Waals surface area contributed by atoms with Crippen LogP contribution in [0, 0.1) is 0 Å². The van der Waals surface area contributed by atoms with E-state index in [0.717, 1.165) is 30.0 Å². The van der Waals surface area contributed by atoms with Gasteiger partial charge in [0.05, 0.1) is 21.2 Å². The van der Waals surface area contributed by atoms with Crippen LogP contribution in [0.15, 0.2) is 65.8 Å². The predicted molar refractivity (Wildman–Crippen MR) is 128 cm³/mol. The minimum atomic E-state index is -3.92. The molecule has 166 valence electrons. The Labute approximate surface area is 193 Å². The third kappa shape index (κ3) is 8.45. The van der Waals surface area contributed by atoms with Crippen LogP contribution in [0.2, 0.25) is 0 Å². The van der Waals surface area contributed by atoms with Crippen molar-refractivity contribution in [1.29, 1.82) is 0 Å². The van der Waals surface area contributed by atoms with E-state index in [4.69, 9.17) is 36.2 Å². The molecule has 0 fully saturated rings. The molecule has 6 nitrogen and oxygen atoms in total. The Morgan fingerprint density at radius 3 is 2.19 bits per heavy atom. The summed E-state index contributed by atoms with van der Waals surface area (Å²) < 4.78 is 29.3. The van der Waals surface area contributed by atoms with Gasteiger partial charge in [0.2, 0.25) is 5.52 Å². The fraction of sp³-hybridized carbons (Fsp3) is 0.273. The van der Waals surface area contributed by atoms with Crippen molar-refractivity contribution < 1.29 is 17.5 Å². The second kappa shape index (κ2) is 12.0. The number of hydrogen-bond donors (Lipinski definition) is 0. The van der Waals surface area contributed by atoms with Crippen molar-refractivity contribution in [1.82, 2.24) is 0 Å². The molecule has 9 heteroatoms. The Balaban J connectivity index is 0.000000614. The maximum Gasteiger partial charge on any atom is 0.212 e. The van der Waals surface area contributed by atoms with Crippen LogP contribution < -0.4 is 9.47 Å². The normalized spacial score (nSPS) is 11.4. The van der Waals surface area contributed by atoms with Crippen molar-refractivity contribution in [3.8, 4) is 0 Å². The molecular formula is C22H25Cl2N3O3S. The molecule has 0 aliphatic carbocycles. The van der Waals surface area contributed by atoms with Gasteiger partial charge in [-0.2, -0.15) is 0 Å². The van der Waals surface area contributed by atoms with Gasteiger partial charge in [0.15, 0.2) is 6.20 Å². The molecule has 0 unspecified atom stereocenters. The Morgan fingerprint density at radius 2 is 1.61 bits per heavy atom. The number of aromatic nitrogens is 1. The van der Waals surface area contributed by atoms with Gasteiger partial charge in [-0.1, -0.05) is 12.1 Å². The molecule has 0 bridgehead atoms. The first-order valence-corrected chi connectivity index (χ1v) is 12.4. The Kier molecular flexibility index (Phi) is 9.71. The minimum absolute atomic E-state index is 0.579. The van der Waals surface area contributed by atoms with Crippen LogP contribution in [-0.4, -0.2) is 50.3 Å². The third-order valence-electron chi connectivity index (χ3n) is 4.35. The quantitative estimate of drug-likeness (QED) is 0.222. The van der Waals surface area contributed by atoms with Gasteiger partial charge in [-0.05, 0) is 30.3 Å². The van der Waals surface area contributed by atoms with Crippen molar-refractivity contribution in [3.05, 3.63) is 66.4 Å². The van der Waals surface area contributed by atoms with E-state index < -0.39 is 10.1 Å². The summed E-state index contributed by atoms with van der Waals surface area (Å²) in [5, 5.41) is 1.19. The second-order valence-electron chi connectivity index (χ2n) is 6.74. The average molecular weight is 482 g/mol. The summed E-state index contributed by atoms with van der Waals surface area (Å²) in [7, 11) is -1.87. The number of fused-ring (bicyclic) bond motifs is 1. The van der Waals surface area contributed by atoms with Gasteiger partial charge in [0.25, 0.3) is 0 Å². The number of halogens is 2. The van der Waals surface area contributed by atoms with Crippen LogP contribution in [0.4, 0.5) is 11.4 Å². The van der Waals surface area contributed by atoms with Gasteiger partial charge in [-0.15, -0.1) is 23.2 Å². The lowest BCUT2D eigenvalue weighted by Gasteiger charge is -2.22. The number of aliphatic imine (C=N–C) groups is 1. The summed E-state index contributed by atoms with van der Waals surface area (Å²) in [5.41, 5.74) is 4.32. The first-order valence-electron chi connectivity index (χ1n) is 9.52. The molecule has 0 aliphatic rings. The highest BCUT2D eigenvalue weighted by atomic mass is 35.5.